The van der Waals surface area contributed by atoms with Crippen LogP contribution in [0.1, 0.15) is 22.7 Å². The van der Waals surface area contributed by atoms with Gasteiger partial charge in [0.25, 0.3) is 0 Å². The van der Waals surface area contributed by atoms with Crippen LogP contribution in [0.5, 0.6) is 0 Å². The van der Waals surface area contributed by atoms with E-state index in [1.807, 2.05) is 24.4 Å². The Morgan fingerprint density at radius 2 is 1.85 bits per heavy atom. The molecule has 0 aliphatic carbocycles. The molecular formula is C18H18N2. The SMILES string of the molecule is Cc1ccccc1CC(N)c1cccc2ncccc12. The summed E-state index contributed by atoms with van der Waals surface area (Å²) in [6.45, 7) is 2.13. The highest BCUT2D eigenvalue weighted by atomic mass is 14.7. The largest absolute Gasteiger partial charge is 0.324 e. The Morgan fingerprint density at radius 3 is 2.70 bits per heavy atom. The van der Waals surface area contributed by atoms with Crippen molar-refractivity contribution in [1.29, 1.82) is 0 Å². The standard InChI is InChI=1S/C18H18N2/c1-13-6-2-3-7-14(13)12-17(19)15-8-4-10-18-16(15)9-5-11-20-18/h2-11,17H,12,19H2,1H3. The van der Waals surface area contributed by atoms with Crippen LogP contribution >= 0.6 is 0 Å². The average molecular weight is 262 g/mol. The Morgan fingerprint density at radius 1 is 1.00 bits per heavy atom. The van der Waals surface area contributed by atoms with Crippen LogP contribution < -0.4 is 5.73 Å². The molecule has 2 aromatic carbocycles. The molecule has 2 nitrogen and oxygen atoms in total. The lowest BCUT2D eigenvalue weighted by molar-refractivity contribution is 0.724. The van der Waals surface area contributed by atoms with Crippen molar-refractivity contribution in [2.75, 3.05) is 0 Å². The Kier molecular flexibility index (Phi) is 3.48. The monoisotopic (exact) mass is 262 g/mol. The first-order chi connectivity index (χ1) is 9.75. The van der Waals surface area contributed by atoms with Crippen LogP contribution in [0.15, 0.2) is 60.8 Å². The average Bonchev–Trinajstić information content (AvgIpc) is 2.49. The number of rotatable bonds is 3. The number of hydrogen-bond acceptors (Lipinski definition) is 2. The van der Waals surface area contributed by atoms with E-state index in [1.54, 1.807) is 0 Å². The number of hydrogen-bond donors (Lipinski definition) is 1. The molecule has 0 spiro atoms. The molecule has 2 N–H and O–H groups in total. The molecule has 0 radical (unpaired) electrons. The minimum Gasteiger partial charge on any atom is -0.324 e. The van der Waals surface area contributed by atoms with Crippen molar-refractivity contribution in [1.82, 2.24) is 4.98 Å². The van der Waals surface area contributed by atoms with Crippen LogP contribution in [0.25, 0.3) is 10.9 Å². The summed E-state index contributed by atoms with van der Waals surface area (Å²) in [6, 6.07) is 18.6. The number of nitrogens with two attached hydrogens (primary N) is 1. The van der Waals surface area contributed by atoms with E-state index in [2.05, 4.69) is 48.3 Å². The number of aryl methyl sites for hydroxylation is 1. The molecule has 0 saturated heterocycles. The van der Waals surface area contributed by atoms with E-state index in [9.17, 15) is 0 Å². The zero-order chi connectivity index (χ0) is 13.9. The van der Waals surface area contributed by atoms with E-state index in [4.69, 9.17) is 5.73 Å². The molecule has 0 saturated carbocycles. The molecule has 3 aromatic rings. The van der Waals surface area contributed by atoms with Crippen molar-refractivity contribution in [3.8, 4) is 0 Å². The van der Waals surface area contributed by atoms with Crippen molar-refractivity contribution in [2.45, 2.75) is 19.4 Å². The zero-order valence-corrected chi connectivity index (χ0v) is 11.6. The molecule has 0 aliphatic rings. The maximum absolute atomic E-state index is 6.43. The van der Waals surface area contributed by atoms with Gasteiger partial charge in [0.1, 0.15) is 0 Å². The fourth-order valence-corrected chi connectivity index (χ4v) is 2.64. The molecule has 100 valence electrons. The summed E-state index contributed by atoms with van der Waals surface area (Å²) in [5.41, 5.74) is 11.2. The van der Waals surface area contributed by atoms with Gasteiger partial charge >= 0.3 is 0 Å². The molecule has 1 atom stereocenters. The summed E-state index contributed by atoms with van der Waals surface area (Å²) in [7, 11) is 0. The molecular weight excluding hydrogens is 244 g/mol. The van der Waals surface area contributed by atoms with E-state index in [0.717, 1.165) is 17.3 Å². The summed E-state index contributed by atoms with van der Waals surface area (Å²) in [6.07, 6.45) is 2.67. The van der Waals surface area contributed by atoms with Crippen LogP contribution in [0.4, 0.5) is 0 Å². The molecule has 1 heterocycles. The lowest BCUT2D eigenvalue weighted by atomic mass is 9.94. The second kappa shape index (κ2) is 5.43. The lowest BCUT2D eigenvalue weighted by Crippen LogP contribution is -2.14. The Hall–Kier alpha value is -2.19. The second-order valence-electron chi connectivity index (χ2n) is 5.15. The number of fused-ring (bicyclic) bond motifs is 1. The molecule has 0 fully saturated rings. The van der Waals surface area contributed by atoms with E-state index >= 15 is 0 Å². The summed E-state index contributed by atoms with van der Waals surface area (Å²) in [5.74, 6) is 0. The van der Waals surface area contributed by atoms with Crippen molar-refractivity contribution in [3.05, 3.63) is 77.5 Å². The van der Waals surface area contributed by atoms with E-state index in [1.165, 1.54) is 16.7 Å². The van der Waals surface area contributed by atoms with Gasteiger partial charge in [0.05, 0.1) is 5.52 Å². The highest BCUT2D eigenvalue weighted by molar-refractivity contribution is 5.82. The van der Waals surface area contributed by atoms with Gasteiger partial charge in [-0.2, -0.15) is 0 Å². The highest BCUT2D eigenvalue weighted by Gasteiger charge is 2.11. The predicted octanol–water partition coefficient (Wildman–Crippen LogP) is 3.79. The molecule has 1 aromatic heterocycles. The van der Waals surface area contributed by atoms with Gasteiger partial charge in [-0.3, -0.25) is 4.98 Å². The lowest BCUT2D eigenvalue weighted by Gasteiger charge is -2.16. The molecule has 1 unspecified atom stereocenters. The van der Waals surface area contributed by atoms with Gasteiger partial charge in [-0.15, -0.1) is 0 Å². The maximum atomic E-state index is 6.43. The predicted molar refractivity (Wildman–Crippen MR) is 83.6 cm³/mol. The zero-order valence-electron chi connectivity index (χ0n) is 11.6. The van der Waals surface area contributed by atoms with Crippen LogP contribution in [0.3, 0.4) is 0 Å². The number of nitrogens with zero attached hydrogens (tertiary/aromatic N) is 1. The maximum Gasteiger partial charge on any atom is 0.0705 e. The first kappa shape index (κ1) is 12.8. The summed E-state index contributed by atoms with van der Waals surface area (Å²) in [4.78, 5) is 4.39. The van der Waals surface area contributed by atoms with Gasteiger partial charge in [0.2, 0.25) is 0 Å². The molecule has 0 amide bonds. The van der Waals surface area contributed by atoms with Gasteiger partial charge in [0, 0.05) is 17.6 Å². The first-order valence-electron chi connectivity index (χ1n) is 6.89. The molecule has 20 heavy (non-hydrogen) atoms. The van der Waals surface area contributed by atoms with Crippen molar-refractivity contribution in [3.63, 3.8) is 0 Å². The van der Waals surface area contributed by atoms with Crippen molar-refractivity contribution in [2.24, 2.45) is 5.73 Å². The van der Waals surface area contributed by atoms with Gasteiger partial charge < -0.3 is 5.73 Å². The van der Waals surface area contributed by atoms with E-state index < -0.39 is 0 Å². The van der Waals surface area contributed by atoms with Gasteiger partial charge in [-0.05, 0) is 42.2 Å². The smallest absolute Gasteiger partial charge is 0.0705 e. The Balaban J connectivity index is 1.97. The molecule has 3 rings (SSSR count). The molecule has 0 aliphatic heterocycles. The topological polar surface area (TPSA) is 38.9 Å². The normalized spacial score (nSPS) is 12.5. The number of pyridine rings is 1. The fourth-order valence-electron chi connectivity index (χ4n) is 2.64. The van der Waals surface area contributed by atoms with Crippen molar-refractivity contribution >= 4 is 10.9 Å². The molecule has 0 bridgehead atoms. The number of benzene rings is 2. The van der Waals surface area contributed by atoms with Gasteiger partial charge in [0.15, 0.2) is 0 Å². The van der Waals surface area contributed by atoms with E-state index in [-0.39, 0.29) is 6.04 Å². The Bertz CT molecular complexity index is 729. The summed E-state index contributed by atoms with van der Waals surface area (Å²) in [5, 5.41) is 1.15. The van der Waals surface area contributed by atoms with E-state index in [0.29, 0.717) is 0 Å². The van der Waals surface area contributed by atoms with Gasteiger partial charge in [-0.1, -0.05) is 42.5 Å². The van der Waals surface area contributed by atoms with Crippen LogP contribution in [0.2, 0.25) is 0 Å². The van der Waals surface area contributed by atoms with Gasteiger partial charge in [-0.25, -0.2) is 0 Å². The fraction of sp³-hybridized carbons (Fsp3) is 0.167. The first-order valence-corrected chi connectivity index (χ1v) is 6.89. The quantitative estimate of drug-likeness (QED) is 0.780. The minimum atomic E-state index is -0.0102. The third-order valence-corrected chi connectivity index (χ3v) is 3.78. The van der Waals surface area contributed by atoms with Crippen LogP contribution in [-0.4, -0.2) is 4.98 Å². The third-order valence-electron chi connectivity index (χ3n) is 3.78. The minimum absolute atomic E-state index is 0.0102. The summed E-state index contributed by atoms with van der Waals surface area (Å²) >= 11 is 0. The summed E-state index contributed by atoms with van der Waals surface area (Å²) < 4.78 is 0. The van der Waals surface area contributed by atoms with Crippen LogP contribution in [-0.2, 0) is 6.42 Å². The second-order valence-corrected chi connectivity index (χ2v) is 5.15. The van der Waals surface area contributed by atoms with Crippen molar-refractivity contribution < 1.29 is 0 Å². The number of aromatic nitrogens is 1. The highest BCUT2D eigenvalue weighted by Crippen LogP contribution is 2.24. The third kappa shape index (κ3) is 2.43. The molecule has 2 heteroatoms. The van der Waals surface area contributed by atoms with Crippen LogP contribution in [0, 0.1) is 6.92 Å². The Labute approximate surface area is 119 Å².